The monoisotopic (exact) mass is 427 g/mol. The van der Waals surface area contributed by atoms with Crippen LogP contribution in [0.5, 0.6) is 0 Å². The number of fused-ring (bicyclic) bond motifs is 1. The van der Waals surface area contributed by atoms with E-state index in [2.05, 4.69) is 15.3 Å². The van der Waals surface area contributed by atoms with Gasteiger partial charge in [-0.05, 0) is 60.9 Å². The van der Waals surface area contributed by atoms with Gasteiger partial charge >= 0.3 is 12.2 Å². The quantitative estimate of drug-likeness (QED) is 0.417. The molecule has 0 spiro atoms. The molecule has 2 amide bonds. The number of rotatable bonds is 3. The highest BCUT2D eigenvalue weighted by Gasteiger charge is 2.55. The van der Waals surface area contributed by atoms with Crippen molar-refractivity contribution in [2.75, 3.05) is 13.1 Å². The first kappa shape index (κ1) is 24.0. The summed E-state index contributed by atoms with van der Waals surface area (Å²) in [5.74, 6) is -0.938. The molecule has 2 rings (SSSR count). The summed E-state index contributed by atoms with van der Waals surface area (Å²) in [4.78, 5) is 29.4. The average molecular weight is 428 g/mol. The smallest absolute Gasteiger partial charge is 0.410 e. The van der Waals surface area contributed by atoms with Crippen molar-refractivity contribution in [1.29, 1.82) is 0 Å². The topological polar surface area (TPSA) is 135 Å². The molecule has 1 N–H and O–H groups in total. The van der Waals surface area contributed by atoms with Crippen LogP contribution in [0, 0.1) is 0 Å². The molecule has 11 nitrogen and oxygen atoms in total. The third kappa shape index (κ3) is 6.38. The number of hydrogen-bond acceptors (Lipinski definition) is 7. The van der Waals surface area contributed by atoms with Crippen LogP contribution in [0.15, 0.2) is 5.11 Å². The van der Waals surface area contributed by atoms with Crippen molar-refractivity contribution in [1.82, 2.24) is 10.2 Å². The van der Waals surface area contributed by atoms with E-state index in [1.54, 1.807) is 55.4 Å². The summed E-state index contributed by atoms with van der Waals surface area (Å²) in [5.41, 5.74) is 7.60. The number of piperidine rings is 1. The van der Waals surface area contributed by atoms with Gasteiger partial charge in [0.05, 0.1) is 18.2 Å². The van der Waals surface area contributed by atoms with E-state index in [-0.39, 0.29) is 13.1 Å². The fraction of sp³-hybridized carbons (Fsp3) is 0.895. The van der Waals surface area contributed by atoms with Gasteiger partial charge in [0.25, 0.3) is 0 Å². The lowest BCUT2D eigenvalue weighted by Gasteiger charge is -2.43. The van der Waals surface area contributed by atoms with E-state index in [4.69, 9.17) is 24.5 Å². The van der Waals surface area contributed by atoms with Crippen molar-refractivity contribution in [2.45, 2.75) is 96.7 Å². The van der Waals surface area contributed by atoms with E-state index in [1.165, 1.54) is 4.90 Å². The Hall–Kier alpha value is -2.23. The molecule has 0 aliphatic carbocycles. The van der Waals surface area contributed by atoms with Crippen molar-refractivity contribution in [2.24, 2.45) is 5.11 Å². The summed E-state index contributed by atoms with van der Waals surface area (Å²) in [6.07, 6.45) is -2.41. The molecule has 30 heavy (non-hydrogen) atoms. The molecule has 0 unspecified atom stereocenters. The van der Waals surface area contributed by atoms with Crippen LogP contribution in [-0.4, -0.2) is 71.5 Å². The summed E-state index contributed by atoms with van der Waals surface area (Å²) in [6, 6.07) is -1.27. The molecular formula is C19H33N5O6. The van der Waals surface area contributed by atoms with E-state index < -0.39 is 53.5 Å². The fourth-order valence-electron chi connectivity index (χ4n) is 3.46. The number of ether oxygens (including phenoxy) is 4. The Bertz CT molecular complexity index is 707. The van der Waals surface area contributed by atoms with Crippen LogP contribution < -0.4 is 5.32 Å². The third-order valence-electron chi connectivity index (χ3n) is 4.39. The van der Waals surface area contributed by atoms with Crippen molar-refractivity contribution in [3.8, 4) is 0 Å². The lowest BCUT2D eigenvalue weighted by molar-refractivity contribution is -0.148. The average Bonchev–Trinajstić information content (AvgIpc) is 2.85. The Morgan fingerprint density at radius 2 is 1.70 bits per heavy atom. The van der Waals surface area contributed by atoms with Crippen LogP contribution in [0.25, 0.3) is 10.4 Å². The molecular weight excluding hydrogens is 394 g/mol. The predicted molar refractivity (Wildman–Crippen MR) is 108 cm³/mol. The molecule has 4 atom stereocenters. The summed E-state index contributed by atoms with van der Waals surface area (Å²) < 4.78 is 22.8. The summed E-state index contributed by atoms with van der Waals surface area (Å²) in [5, 5.41) is 6.51. The Morgan fingerprint density at radius 1 is 1.13 bits per heavy atom. The number of nitrogens with zero attached hydrogens (tertiary/aromatic N) is 4. The summed E-state index contributed by atoms with van der Waals surface area (Å²) in [6.45, 7) is 14.2. The highest BCUT2D eigenvalue weighted by molar-refractivity contribution is 5.70. The highest BCUT2D eigenvalue weighted by atomic mass is 16.8. The van der Waals surface area contributed by atoms with Gasteiger partial charge in [-0.2, -0.15) is 0 Å². The maximum absolute atomic E-state index is 12.9. The van der Waals surface area contributed by atoms with Crippen molar-refractivity contribution in [3.05, 3.63) is 10.4 Å². The molecule has 2 fully saturated rings. The van der Waals surface area contributed by atoms with Gasteiger partial charge in [0, 0.05) is 18.0 Å². The van der Waals surface area contributed by atoms with Crippen molar-refractivity contribution >= 4 is 12.2 Å². The molecule has 0 aromatic heterocycles. The van der Waals surface area contributed by atoms with E-state index in [1.807, 2.05) is 0 Å². The van der Waals surface area contributed by atoms with Crippen LogP contribution >= 0.6 is 0 Å². The van der Waals surface area contributed by atoms with E-state index in [0.29, 0.717) is 0 Å². The Kier molecular flexibility index (Phi) is 6.80. The second kappa shape index (κ2) is 8.49. The number of azide groups is 1. The molecule has 2 aliphatic rings. The van der Waals surface area contributed by atoms with Gasteiger partial charge in [0.15, 0.2) is 5.79 Å². The van der Waals surface area contributed by atoms with Gasteiger partial charge in [-0.25, -0.2) is 9.59 Å². The standard InChI is InChI=1S/C19H33N5O6/c1-17(2,3)29-15(25)21-9-12-14-13(27-19(7,8)28-14)11(22-23-20)10-24(12)16(26)30-18(4,5)6/h11-14H,9-10H2,1-8H3,(H,21,25)/t11-,12+,13+,14+/m0/s1. The molecule has 0 aromatic carbocycles. The summed E-state index contributed by atoms with van der Waals surface area (Å²) in [7, 11) is 0. The second-order valence-electron chi connectivity index (χ2n) is 9.92. The van der Waals surface area contributed by atoms with E-state index in [9.17, 15) is 9.59 Å². The Labute approximate surface area is 177 Å². The Balaban J connectivity index is 2.29. The largest absolute Gasteiger partial charge is 0.444 e. The van der Waals surface area contributed by atoms with Crippen LogP contribution in [0.1, 0.15) is 55.4 Å². The molecule has 11 heteroatoms. The number of hydrogen-bond donors (Lipinski definition) is 1. The molecule has 170 valence electrons. The predicted octanol–water partition coefficient (Wildman–Crippen LogP) is 3.33. The van der Waals surface area contributed by atoms with Gasteiger partial charge in [0.2, 0.25) is 0 Å². The summed E-state index contributed by atoms with van der Waals surface area (Å²) >= 11 is 0. The zero-order chi connectivity index (χ0) is 22.9. The van der Waals surface area contributed by atoms with Crippen LogP contribution in [-0.2, 0) is 18.9 Å². The van der Waals surface area contributed by atoms with E-state index >= 15 is 0 Å². The first-order valence-electron chi connectivity index (χ1n) is 9.98. The molecule has 0 bridgehead atoms. The van der Waals surface area contributed by atoms with Gasteiger partial charge < -0.3 is 29.2 Å². The highest BCUT2D eigenvalue weighted by Crippen LogP contribution is 2.38. The molecule has 0 radical (unpaired) electrons. The van der Waals surface area contributed by atoms with Gasteiger partial charge in [-0.15, -0.1) is 0 Å². The Morgan fingerprint density at radius 3 is 2.23 bits per heavy atom. The first-order valence-corrected chi connectivity index (χ1v) is 9.98. The number of carbonyl (C=O) groups is 2. The minimum absolute atomic E-state index is 0.0533. The van der Waals surface area contributed by atoms with Crippen LogP contribution in [0.2, 0.25) is 0 Å². The fourth-order valence-corrected chi connectivity index (χ4v) is 3.46. The van der Waals surface area contributed by atoms with Crippen molar-refractivity contribution < 1.29 is 28.5 Å². The SMILES string of the molecule is CC(C)(C)OC(=O)NC[C@@H]1[C@H]2OC(C)(C)O[C@@H]2[C@@H](N=[N+]=[N-])CN1C(=O)OC(C)(C)C. The van der Waals surface area contributed by atoms with Crippen molar-refractivity contribution in [3.63, 3.8) is 0 Å². The maximum Gasteiger partial charge on any atom is 0.410 e. The van der Waals surface area contributed by atoms with Gasteiger partial charge in [-0.3, -0.25) is 0 Å². The zero-order valence-electron chi connectivity index (χ0n) is 19.0. The van der Waals surface area contributed by atoms with Crippen LogP contribution in [0.4, 0.5) is 9.59 Å². The second-order valence-corrected chi connectivity index (χ2v) is 9.92. The van der Waals surface area contributed by atoms with Gasteiger partial charge in [0.1, 0.15) is 17.3 Å². The van der Waals surface area contributed by atoms with Gasteiger partial charge in [-0.1, -0.05) is 5.11 Å². The maximum atomic E-state index is 12.9. The molecule has 2 heterocycles. The number of carbonyl (C=O) groups excluding carboxylic acids is 2. The normalized spacial score (nSPS) is 28.2. The van der Waals surface area contributed by atoms with E-state index in [0.717, 1.165) is 0 Å². The third-order valence-corrected chi connectivity index (χ3v) is 4.39. The van der Waals surface area contributed by atoms with Crippen LogP contribution in [0.3, 0.4) is 0 Å². The number of likely N-dealkylation sites (tertiary alicyclic amines) is 1. The first-order chi connectivity index (χ1) is 13.6. The molecule has 2 saturated heterocycles. The lowest BCUT2D eigenvalue weighted by atomic mass is 9.92. The number of amides is 2. The zero-order valence-corrected chi connectivity index (χ0v) is 19.0. The molecule has 2 aliphatic heterocycles. The number of alkyl carbamates (subject to hydrolysis) is 1. The number of nitrogens with one attached hydrogen (secondary N) is 1. The molecule has 0 aromatic rings. The molecule has 0 saturated carbocycles. The minimum atomic E-state index is -0.938. The lowest BCUT2D eigenvalue weighted by Crippen LogP contribution is -2.64. The minimum Gasteiger partial charge on any atom is -0.444 e.